The Morgan fingerprint density at radius 2 is 2.12 bits per heavy atom. The highest BCUT2D eigenvalue weighted by molar-refractivity contribution is 5.39. The summed E-state index contributed by atoms with van der Waals surface area (Å²) in [7, 11) is 0. The molecule has 0 bridgehead atoms. The number of hydrogen-bond donors (Lipinski definition) is 2. The summed E-state index contributed by atoms with van der Waals surface area (Å²) in [6.45, 7) is 9.18. The molecular formula is C14H23NO2. The lowest BCUT2D eigenvalue weighted by Crippen LogP contribution is -2.20. The summed E-state index contributed by atoms with van der Waals surface area (Å²) in [6.07, 6.45) is 0. The molecule has 0 aliphatic rings. The van der Waals surface area contributed by atoms with E-state index in [-0.39, 0.29) is 0 Å². The molecule has 0 saturated carbocycles. The lowest BCUT2D eigenvalue weighted by atomic mass is 10.1. The minimum absolute atomic E-state index is 0.392. The molecule has 1 rings (SSSR count). The second kappa shape index (κ2) is 7.30. The van der Waals surface area contributed by atoms with E-state index in [0.717, 1.165) is 24.3 Å². The normalized spacial score (nSPS) is 11.1. The zero-order valence-corrected chi connectivity index (χ0v) is 11.0. The number of nitrogens with one attached hydrogen (secondary N) is 1. The van der Waals surface area contributed by atoms with Crippen molar-refractivity contribution in [2.45, 2.75) is 27.3 Å². The molecule has 3 heteroatoms. The first-order valence-electron chi connectivity index (χ1n) is 6.17. The second-order valence-electron chi connectivity index (χ2n) is 4.73. The Bertz CT molecular complexity index is 337. The SMILES string of the molecule is Cc1cccc(CNCCOCC(C)C)c1O. The first-order valence-corrected chi connectivity index (χ1v) is 6.17. The number of aryl methyl sites for hydroxylation is 1. The maximum atomic E-state index is 9.80. The average molecular weight is 237 g/mol. The number of rotatable bonds is 7. The van der Waals surface area contributed by atoms with Gasteiger partial charge in [0.05, 0.1) is 6.61 Å². The van der Waals surface area contributed by atoms with Crippen LogP contribution in [0.25, 0.3) is 0 Å². The van der Waals surface area contributed by atoms with Crippen molar-refractivity contribution in [3.8, 4) is 5.75 Å². The number of phenolic OH excluding ortho intramolecular Hbond substituents is 1. The van der Waals surface area contributed by atoms with Crippen LogP contribution in [0.1, 0.15) is 25.0 Å². The molecule has 0 aliphatic carbocycles. The van der Waals surface area contributed by atoms with Crippen LogP contribution in [0.2, 0.25) is 0 Å². The minimum atomic E-state index is 0.392. The van der Waals surface area contributed by atoms with E-state index in [1.165, 1.54) is 0 Å². The minimum Gasteiger partial charge on any atom is -0.507 e. The van der Waals surface area contributed by atoms with Crippen LogP contribution in [0.3, 0.4) is 0 Å². The van der Waals surface area contributed by atoms with E-state index in [0.29, 0.717) is 24.8 Å². The topological polar surface area (TPSA) is 41.5 Å². The maximum Gasteiger partial charge on any atom is 0.122 e. The van der Waals surface area contributed by atoms with Crippen LogP contribution in [-0.4, -0.2) is 24.9 Å². The molecule has 0 heterocycles. The third kappa shape index (κ3) is 5.20. The predicted molar refractivity (Wildman–Crippen MR) is 70.2 cm³/mol. The standard InChI is InChI=1S/C14H23NO2/c1-11(2)10-17-8-7-15-9-13-6-4-5-12(3)14(13)16/h4-6,11,15-16H,7-10H2,1-3H3. The molecule has 0 unspecified atom stereocenters. The van der Waals surface area contributed by atoms with E-state index in [9.17, 15) is 5.11 Å². The number of ether oxygens (including phenoxy) is 1. The Morgan fingerprint density at radius 1 is 1.35 bits per heavy atom. The molecule has 1 aromatic carbocycles. The lowest BCUT2D eigenvalue weighted by molar-refractivity contribution is 0.111. The van der Waals surface area contributed by atoms with Gasteiger partial charge in [-0.05, 0) is 18.4 Å². The van der Waals surface area contributed by atoms with Gasteiger partial charge in [0.1, 0.15) is 5.75 Å². The molecule has 3 nitrogen and oxygen atoms in total. The van der Waals surface area contributed by atoms with Crippen LogP contribution in [-0.2, 0) is 11.3 Å². The third-order valence-corrected chi connectivity index (χ3v) is 2.51. The molecule has 0 saturated heterocycles. The Balaban J connectivity index is 2.20. The first kappa shape index (κ1) is 14.0. The van der Waals surface area contributed by atoms with Gasteiger partial charge in [-0.2, -0.15) is 0 Å². The van der Waals surface area contributed by atoms with Gasteiger partial charge >= 0.3 is 0 Å². The average Bonchev–Trinajstić information content (AvgIpc) is 2.28. The molecule has 0 aromatic heterocycles. The summed E-state index contributed by atoms with van der Waals surface area (Å²) in [5, 5.41) is 13.1. The molecule has 0 fully saturated rings. The number of benzene rings is 1. The van der Waals surface area contributed by atoms with E-state index in [1.807, 2.05) is 25.1 Å². The summed E-state index contributed by atoms with van der Waals surface area (Å²) in [5.74, 6) is 0.971. The highest BCUT2D eigenvalue weighted by Crippen LogP contribution is 2.20. The fourth-order valence-corrected chi connectivity index (χ4v) is 1.55. The Labute approximate surface area is 104 Å². The largest absolute Gasteiger partial charge is 0.507 e. The van der Waals surface area contributed by atoms with Crippen molar-refractivity contribution < 1.29 is 9.84 Å². The monoisotopic (exact) mass is 237 g/mol. The summed E-state index contributed by atoms with van der Waals surface area (Å²) in [5.41, 5.74) is 1.86. The zero-order chi connectivity index (χ0) is 12.7. The zero-order valence-electron chi connectivity index (χ0n) is 11.0. The van der Waals surface area contributed by atoms with Gasteiger partial charge < -0.3 is 15.2 Å². The third-order valence-electron chi connectivity index (χ3n) is 2.51. The molecule has 0 aliphatic heterocycles. The van der Waals surface area contributed by atoms with Gasteiger partial charge in [0, 0.05) is 25.3 Å². The number of phenols is 1. The molecule has 2 N–H and O–H groups in total. The highest BCUT2D eigenvalue weighted by Gasteiger charge is 2.02. The smallest absolute Gasteiger partial charge is 0.122 e. The Hall–Kier alpha value is -1.06. The van der Waals surface area contributed by atoms with Crippen LogP contribution >= 0.6 is 0 Å². The fraction of sp³-hybridized carbons (Fsp3) is 0.571. The van der Waals surface area contributed by atoms with Crippen molar-refractivity contribution in [2.24, 2.45) is 5.92 Å². The van der Waals surface area contributed by atoms with E-state index in [4.69, 9.17) is 4.74 Å². The molecule has 96 valence electrons. The first-order chi connectivity index (χ1) is 8.11. The summed E-state index contributed by atoms with van der Waals surface area (Å²) < 4.78 is 5.46. The van der Waals surface area contributed by atoms with E-state index in [1.54, 1.807) is 0 Å². The number of aromatic hydroxyl groups is 1. The van der Waals surface area contributed by atoms with E-state index in [2.05, 4.69) is 19.2 Å². The number of hydrogen-bond acceptors (Lipinski definition) is 3. The van der Waals surface area contributed by atoms with Gasteiger partial charge in [-0.25, -0.2) is 0 Å². The molecule has 17 heavy (non-hydrogen) atoms. The van der Waals surface area contributed by atoms with Gasteiger partial charge in [-0.15, -0.1) is 0 Å². The van der Waals surface area contributed by atoms with Crippen LogP contribution in [0.15, 0.2) is 18.2 Å². The van der Waals surface area contributed by atoms with Crippen molar-refractivity contribution in [1.29, 1.82) is 0 Å². The highest BCUT2D eigenvalue weighted by atomic mass is 16.5. The van der Waals surface area contributed by atoms with Crippen molar-refractivity contribution in [1.82, 2.24) is 5.32 Å². The second-order valence-corrected chi connectivity index (χ2v) is 4.73. The van der Waals surface area contributed by atoms with Crippen LogP contribution in [0, 0.1) is 12.8 Å². The number of para-hydroxylation sites is 1. The molecule has 0 atom stereocenters. The maximum absolute atomic E-state index is 9.80. The molecule has 0 spiro atoms. The molecule has 0 radical (unpaired) electrons. The van der Waals surface area contributed by atoms with Crippen molar-refractivity contribution in [2.75, 3.05) is 19.8 Å². The predicted octanol–water partition coefficient (Wildman–Crippen LogP) is 2.46. The van der Waals surface area contributed by atoms with Crippen molar-refractivity contribution in [3.63, 3.8) is 0 Å². The quantitative estimate of drug-likeness (QED) is 0.716. The Kier molecular flexibility index (Phi) is 6.01. The molecule has 1 aromatic rings. The molecule has 0 amide bonds. The van der Waals surface area contributed by atoms with Gasteiger partial charge in [0.25, 0.3) is 0 Å². The van der Waals surface area contributed by atoms with Crippen LogP contribution in [0.4, 0.5) is 0 Å². The summed E-state index contributed by atoms with van der Waals surface area (Å²) >= 11 is 0. The van der Waals surface area contributed by atoms with Gasteiger partial charge in [0.2, 0.25) is 0 Å². The molecular weight excluding hydrogens is 214 g/mol. The van der Waals surface area contributed by atoms with Gasteiger partial charge in [-0.3, -0.25) is 0 Å². The van der Waals surface area contributed by atoms with Gasteiger partial charge in [-0.1, -0.05) is 32.0 Å². The van der Waals surface area contributed by atoms with E-state index >= 15 is 0 Å². The summed E-state index contributed by atoms with van der Waals surface area (Å²) in [4.78, 5) is 0. The van der Waals surface area contributed by atoms with Crippen LogP contribution < -0.4 is 5.32 Å². The van der Waals surface area contributed by atoms with Crippen molar-refractivity contribution in [3.05, 3.63) is 29.3 Å². The Morgan fingerprint density at radius 3 is 2.82 bits per heavy atom. The van der Waals surface area contributed by atoms with Gasteiger partial charge in [0.15, 0.2) is 0 Å². The van der Waals surface area contributed by atoms with Crippen molar-refractivity contribution >= 4 is 0 Å². The van der Waals surface area contributed by atoms with E-state index < -0.39 is 0 Å². The summed E-state index contributed by atoms with van der Waals surface area (Å²) in [6, 6.07) is 5.80. The van der Waals surface area contributed by atoms with Crippen LogP contribution in [0.5, 0.6) is 5.75 Å². The lowest BCUT2D eigenvalue weighted by Gasteiger charge is -2.10. The fourth-order valence-electron chi connectivity index (χ4n) is 1.55.